The topological polar surface area (TPSA) is 62.5 Å². The molecule has 1 aliphatic heterocycles. The van der Waals surface area contributed by atoms with E-state index >= 15 is 0 Å². The molecule has 6 heteroatoms. The predicted molar refractivity (Wildman–Crippen MR) is 101 cm³/mol. The molecule has 134 valence electrons. The Balaban J connectivity index is 0.00000225. The van der Waals surface area contributed by atoms with Crippen molar-refractivity contribution < 1.29 is 4.79 Å². The molecule has 0 saturated carbocycles. The first-order valence-electron chi connectivity index (χ1n) is 8.42. The second kappa shape index (κ2) is 9.51. The lowest BCUT2D eigenvalue weighted by molar-refractivity contribution is -0.133. The predicted octanol–water partition coefficient (Wildman–Crippen LogP) is 2.24. The lowest BCUT2D eigenvalue weighted by Gasteiger charge is -2.35. The fraction of sp³-hybridized carbons (Fsp3) is 0.368. The molecule has 0 radical (unpaired) electrons. The van der Waals surface area contributed by atoms with Crippen molar-refractivity contribution in [1.29, 1.82) is 0 Å². The maximum Gasteiger partial charge on any atom is 0.224 e. The molecule has 5 nitrogen and oxygen atoms in total. The van der Waals surface area contributed by atoms with Gasteiger partial charge in [0.1, 0.15) is 0 Å². The van der Waals surface area contributed by atoms with Gasteiger partial charge < -0.3 is 10.6 Å². The van der Waals surface area contributed by atoms with Crippen molar-refractivity contribution in [2.75, 3.05) is 26.2 Å². The van der Waals surface area contributed by atoms with Crippen LogP contribution in [0.15, 0.2) is 54.9 Å². The van der Waals surface area contributed by atoms with E-state index in [4.69, 9.17) is 5.73 Å². The molecule has 1 aromatic heterocycles. The number of aromatic nitrogens is 1. The molecule has 25 heavy (non-hydrogen) atoms. The summed E-state index contributed by atoms with van der Waals surface area (Å²) in [7, 11) is 0. The summed E-state index contributed by atoms with van der Waals surface area (Å²) in [6.45, 7) is 4.24. The Kier molecular flexibility index (Phi) is 7.37. The second-order valence-corrected chi connectivity index (χ2v) is 6.23. The summed E-state index contributed by atoms with van der Waals surface area (Å²) in [6.07, 6.45) is 4.01. The lowest BCUT2D eigenvalue weighted by atomic mass is 10.0. The maximum absolute atomic E-state index is 12.5. The van der Waals surface area contributed by atoms with Crippen LogP contribution in [0.2, 0.25) is 0 Å². The van der Waals surface area contributed by atoms with Crippen LogP contribution in [0.3, 0.4) is 0 Å². The van der Waals surface area contributed by atoms with Crippen LogP contribution < -0.4 is 5.73 Å². The van der Waals surface area contributed by atoms with Crippen LogP contribution in [-0.4, -0.2) is 46.9 Å². The quantitative estimate of drug-likeness (QED) is 0.888. The molecule has 1 aliphatic rings. The zero-order chi connectivity index (χ0) is 16.8. The summed E-state index contributed by atoms with van der Waals surface area (Å²) in [5.41, 5.74) is 8.44. The minimum absolute atomic E-state index is 0. The normalized spacial score (nSPS) is 16.1. The highest BCUT2D eigenvalue weighted by Crippen LogP contribution is 2.16. The molecule has 2 heterocycles. The fourth-order valence-corrected chi connectivity index (χ4v) is 3.04. The van der Waals surface area contributed by atoms with Gasteiger partial charge in [0.15, 0.2) is 0 Å². The fourth-order valence-electron chi connectivity index (χ4n) is 3.04. The van der Waals surface area contributed by atoms with Crippen LogP contribution in [0.25, 0.3) is 0 Å². The zero-order valence-electron chi connectivity index (χ0n) is 14.3. The summed E-state index contributed by atoms with van der Waals surface area (Å²) in [6, 6.07) is 13.7. The van der Waals surface area contributed by atoms with Crippen molar-refractivity contribution in [3.8, 4) is 0 Å². The molecule has 0 spiro atoms. The average Bonchev–Trinajstić information content (AvgIpc) is 2.64. The molecule has 1 aromatic carbocycles. The van der Waals surface area contributed by atoms with Gasteiger partial charge in [0.2, 0.25) is 5.91 Å². The van der Waals surface area contributed by atoms with Gasteiger partial charge >= 0.3 is 0 Å². The third-order valence-electron chi connectivity index (χ3n) is 4.50. The Labute approximate surface area is 155 Å². The first-order valence-corrected chi connectivity index (χ1v) is 8.42. The van der Waals surface area contributed by atoms with E-state index in [9.17, 15) is 4.79 Å². The maximum atomic E-state index is 12.5. The summed E-state index contributed by atoms with van der Waals surface area (Å²) < 4.78 is 0. The van der Waals surface area contributed by atoms with E-state index in [0.29, 0.717) is 6.42 Å². The lowest BCUT2D eigenvalue weighted by Crippen LogP contribution is -2.48. The molecule has 3 rings (SSSR count). The summed E-state index contributed by atoms with van der Waals surface area (Å²) in [5.74, 6) is 0.148. The number of nitrogens with zero attached hydrogens (tertiary/aromatic N) is 3. The Morgan fingerprint density at radius 1 is 1.04 bits per heavy atom. The van der Waals surface area contributed by atoms with E-state index in [-0.39, 0.29) is 24.4 Å². The van der Waals surface area contributed by atoms with Crippen LogP contribution in [0.4, 0.5) is 0 Å². The summed E-state index contributed by atoms with van der Waals surface area (Å²) in [4.78, 5) is 20.8. The molecule has 1 amide bonds. The van der Waals surface area contributed by atoms with Gasteiger partial charge in [-0.1, -0.05) is 30.3 Å². The molecule has 1 unspecified atom stereocenters. The van der Waals surface area contributed by atoms with Crippen molar-refractivity contribution in [3.05, 3.63) is 66.0 Å². The van der Waals surface area contributed by atoms with E-state index in [1.807, 2.05) is 59.8 Å². The Morgan fingerprint density at radius 2 is 1.68 bits per heavy atom. The number of carbonyl (C=O) groups excluding carboxylic acids is 1. The van der Waals surface area contributed by atoms with Crippen molar-refractivity contribution in [3.63, 3.8) is 0 Å². The van der Waals surface area contributed by atoms with E-state index in [1.165, 1.54) is 5.56 Å². The first kappa shape index (κ1) is 19.4. The molecule has 2 N–H and O–H groups in total. The minimum Gasteiger partial charge on any atom is -0.340 e. The Bertz CT molecular complexity index is 645. The standard InChI is InChI=1S/C19H24N4O.ClH/c20-18(17-4-2-1-3-5-17)14-19(24)23-12-10-22(11-13-23)15-16-6-8-21-9-7-16;/h1-9,18H,10-15,20H2;1H. The monoisotopic (exact) mass is 360 g/mol. The molecule has 0 bridgehead atoms. The number of hydrogen-bond acceptors (Lipinski definition) is 4. The van der Waals surface area contributed by atoms with Gasteiger partial charge in [-0.15, -0.1) is 12.4 Å². The van der Waals surface area contributed by atoms with Gasteiger partial charge in [0.05, 0.1) is 0 Å². The highest BCUT2D eigenvalue weighted by atomic mass is 35.5. The molecule has 2 aromatic rings. The van der Waals surface area contributed by atoms with E-state index in [1.54, 1.807) is 0 Å². The number of amides is 1. The number of nitrogens with two attached hydrogens (primary N) is 1. The van der Waals surface area contributed by atoms with E-state index in [0.717, 1.165) is 38.3 Å². The van der Waals surface area contributed by atoms with Crippen LogP contribution in [0.5, 0.6) is 0 Å². The zero-order valence-corrected chi connectivity index (χ0v) is 15.1. The van der Waals surface area contributed by atoms with Gasteiger partial charge in [0.25, 0.3) is 0 Å². The van der Waals surface area contributed by atoms with Gasteiger partial charge in [-0.2, -0.15) is 0 Å². The number of halogens is 1. The first-order chi connectivity index (χ1) is 11.7. The molecular formula is C19H25ClN4O. The third-order valence-corrected chi connectivity index (χ3v) is 4.50. The van der Waals surface area contributed by atoms with Crippen molar-refractivity contribution in [1.82, 2.24) is 14.8 Å². The largest absolute Gasteiger partial charge is 0.340 e. The van der Waals surface area contributed by atoms with Crippen LogP contribution in [0.1, 0.15) is 23.6 Å². The van der Waals surface area contributed by atoms with Crippen molar-refractivity contribution >= 4 is 18.3 Å². The molecule has 0 aliphatic carbocycles. The Morgan fingerprint density at radius 3 is 2.32 bits per heavy atom. The highest BCUT2D eigenvalue weighted by molar-refractivity contribution is 5.85. The average molecular weight is 361 g/mol. The molecule has 1 fully saturated rings. The molecule has 1 saturated heterocycles. The number of piperazine rings is 1. The number of hydrogen-bond donors (Lipinski definition) is 1. The van der Waals surface area contributed by atoms with Gasteiger partial charge in [-0.3, -0.25) is 14.7 Å². The van der Waals surface area contributed by atoms with Crippen molar-refractivity contribution in [2.24, 2.45) is 5.73 Å². The summed E-state index contributed by atoms with van der Waals surface area (Å²) >= 11 is 0. The van der Waals surface area contributed by atoms with Crippen molar-refractivity contribution in [2.45, 2.75) is 19.0 Å². The second-order valence-electron chi connectivity index (χ2n) is 6.23. The third kappa shape index (κ3) is 5.53. The molecule has 1 atom stereocenters. The number of carbonyl (C=O) groups is 1. The minimum atomic E-state index is -0.228. The summed E-state index contributed by atoms with van der Waals surface area (Å²) in [5, 5.41) is 0. The van der Waals surface area contributed by atoms with Gasteiger partial charge in [-0.05, 0) is 23.3 Å². The molecular weight excluding hydrogens is 336 g/mol. The van der Waals surface area contributed by atoms with Gasteiger partial charge in [-0.25, -0.2) is 0 Å². The highest BCUT2D eigenvalue weighted by Gasteiger charge is 2.22. The number of benzene rings is 1. The van der Waals surface area contributed by atoms with Crippen LogP contribution in [0, 0.1) is 0 Å². The van der Waals surface area contributed by atoms with Gasteiger partial charge in [0, 0.05) is 57.6 Å². The SMILES string of the molecule is Cl.NC(CC(=O)N1CCN(Cc2ccncc2)CC1)c1ccccc1. The van der Waals surface area contributed by atoms with E-state index < -0.39 is 0 Å². The van der Waals surface area contributed by atoms with Crippen LogP contribution in [-0.2, 0) is 11.3 Å². The number of rotatable bonds is 5. The van der Waals surface area contributed by atoms with Crippen LogP contribution >= 0.6 is 12.4 Å². The smallest absolute Gasteiger partial charge is 0.224 e. The number of pyridine rings is 1. The van der Waals surface area contributed by atoms with E-state index in [2.05, 4.69) is 9.88 Å². The Hall–Kier alpha value is -1.95.